The van der Waals surface area contributed by atoms with E-state index in [0.29, 0.717) is 16.6 Å². The molecule has 0 aliphatic rings. The van der Waals surface area contributed by atoms with E-state index in [1.165, 1.54) is 11.3 Å². The van der Waals surface area contributed by atoms with Gasteiger partial charge in [0, 0.05) is 16.3 Å². The van der Waals surface area contributed by atoms with Crippen LogP contribution in [0.4, 0.5) is 5.13 Å². The number of hydrogen-bond acceptors (Lipinski definition) is 8. The van der Waals surface area contributed by atoms with Gasteiger partial charge in [-0.3, -0.25) is 4.79 Å². The van der Waals surface area contributed by atoms with Crippen molar-refractivity contribution in [1.82, 2.24) is 9.97 Å². The first-order valence-electron chi connectivity index (χ1n) is 8.62. The minimum atomic E-state index is -0.138. The van der Waals surface area contributed by atoms with Crippen LogP contribution < -0.4 is 14.8 Å². The van der Waals surface area contributed by atoms with Gasteiger partial charge in [0.2, 0.25) is 5.91 Å². The minimum Gasteiger partial charge on any atom is -0.493 e. The van der Waals surface area contributed by atoms with Crippen LogP contribution >= 0.6 is 34.0 Å². The Morgan fingerprint density at radius 1 is 1.03 bits per heavy atom. The predicted octanol–water partition coefficient (Wildman–Crippen LogP) is 5.19. The third-order valence-corrected chi connectivity index (χ3v) is 6.74. The van der Waals surface area contributed by atoms with Gasteiger partial charge in [0.25, 0.3) is 0 Å². The molecule has 148 valence electrons. The van der Waals surface area contributed by atoms with Crippen molar-refractivity contribution < 1.29 is 14.3 Å². The first kappa shape index (κ1) is 19.6. The summed E-state index contributed by atoms with van der Waals surface area (Å²) in [6, 6.07) is 9.62. The standard InChI is InChI=1S/C20H17N3O3S3/c1-25-15-6-5-12(8-16(15)26-2)14-11-29-20(22-14)23-18(24)9-13-10-28-19(21-13)17-4-3-7-27-17/h3-8,10-11H,9H2,1-2H3,(H,22,23,24). The van der Waals surface area contributed by atoms with Crippen molar-refractivity contribution >= 4 is 45.0 Å². The molecular formula is C20H17N3O3S3. The number of nitrogens with one attached hydrogen (secondary N) is 1. The smallest absolute Gasteiger partial charge is 0.232 e. The van der Waals surface area contributed by atoms with E-state index in [9.17, 15) is 4.79 Å². The molecule has 9 heteroatoms. The quantitative estimate of drug-likeness (QED) is 0.425. The van der Waals surface area contributed by atoms with E-state index in [1.54, 1.807) is 36.9 Å². The molecule has 1 N–H and O–H groups in total. The summed E-state index contributed by atoms with van der Waals surface area (Å²) in [6.07, 6.45) is 0.215. The van der Waals surface area contributed by atoms with Gasteiger partial charge in [0.1, 0.15) is 5.01 Å². The van der Waals surface area contributed by atoms with Crippen LogP contribution in [0, 0.1) is 0 Å². The lowest BCUT2D eigenvalue weighted by molar-refractivity contribution is -0.115. The van der Waals surface area contributed by atoms with Crippen LogP contribution in [0.3, 0.4) is 0 Å². The van der Waals surface area contributed by atoms with Crippen molar-refractivity contribution in [3.05, 3.63) is 52.2 Å². The molecule has 0 bridgehead atoms. The van der Waals surface area contributed by atoms with E-state index in [0.717, 1.165) is 26.8 Å². The number of carbonyl (C=O) groups is 1. The van der Waals surface area contributed by atoms with E-state index < -0.39 is 0 Å². The van der Waals surface area contributed by atoms with Crippen LogP contribution in [0.25, 0.3) is 21.1 Å². The largest absolute Gasteiger partial charge is 0.493 e. The second-order valence-electron chi connectivity index (χ2n) is 5.95. The monoisotopic (exact) mass is 443 g/mol. The molecule has 6 nitrogen and oxygen atoms in total. The lowest BCUT2D eigenvalue weighted by Gasteiger charge is -2.08. The van der Waals surface area contributed by atoms with E-state index in [1.807, 2.05) is 46.5 Å². The maximum atomic E-state index is 12.4. The van der Waals surface area contributed by atoms with Crippen molar-refractivity contribution in [2.75, 3.05) is 19.5 Å². The summed E-state index contributed by atoms with van der Waals surface area (Å²) in [5.74, 6) is 1.15. The van der Waals surface area contributed by atoms with Crippen LogP contribution in [0.2, 0.25) is 0 Å². The summed E-state index contributed by atoms with van der Waals surface area (Å²) in [7, 11) is 3.19. The highest BCUT2D eigenvalue weighted by molar-refractivity contribution is 7.20. The number of anilines is 1. The van der Waals surface area contributed by atoms with E-state index in [-0.39, 0.29) is 12.3 Å². The van der Waals surface area contributed by atoms with Gasteiger partial charge in [-0.1, -0.05) is 6.07 Å². The number of ether oxygens (including phenoxy) is 2. The highest BCUT2D eigenvalue weighted by Gasteiger charge is 2.13. The Labute approximate surface area is 179 Å². The number of hydrogen-bond donors (Lipinski definition) is 1. The summed E-state index contributed by atoms with van der Waals surface area (Å²) in [6.45, 7) is 0. The predicted molar refractivity (Wildman–Crippen MR) is 118 cm³/mol. The van der Waals surface area contributed by atoms with Crippen molar-refractivity contribution in [2.24, 2.45) is 0 Å². The molecule has 29 heavy (non-hydrogen) atoms. The topological polar surface area (TPSA) is 73.3 Å². The lowest BCUT2D eigenvalue weighted by Crippen LogP contribution is -2.14. The van der Waals surface area contributed by atoms with Crippen molar-refractivity contribution in [2.45, 2.75) is 6.42 Å². The van der Waals surface area contributed by atoms with Gasteiger partial charge in [0.05, 0.1) is 36.9 Å². The first-order chi connectivity index (χ1) is 14.2. The van der Waals surface area contributed by atoms with E-state index >= 15 is 0 Å². The van der Waals surface area contributed by atoms with Gasteiger partial charge >= 0.3 is 0 Å². The molecule has 0 saturated heterocycles. The lowest BCUT2D eigenvalue weighted by atomic mass is 10.1. The van der Waals surface area contributed by atoms with Gasteiger partial charge < -0.3 is 14.8 Å². The normalized spacial score (nSPS) is 10.7. The molecule has 0 fully saturated rings. The number of carbonyl (C=O) groups excluding carboxylic acids is 1. The van der Waals surface area contributed by atoms with E-state index in [2.05, 4.69) is 15.3 Å². The fourth-order valence-corrected chi connectivity index (χ4v) is 5.06. The van der Waals surface area contributed by atoms with Gasteiger partial charge in [0.15, 0.2) is 16.6 Å². The van der Waals surface area contributed by atoms with Crippen LogP contribution in [-0.4, -0.2) is 30.1 Å². The molecule has 0 aliphatic carbocycles. The summed E-state index contributed by atoms with van der Waals surface area (Å²) < 4.78 is 10.6. The second-order valence-corrected chi connectivity index (χ2v) is 8.62. The number of rotatable bonds is 7. The molecule has 3 heterocycles. The summed E-state index contributed by atoms with van der Waals surface area (Å²) in [5.41, 5.74) is 2.41. The first-order valence-corrected chi connectivity index (χ1v) is 11.3. The van der Waals surface area contributed by atoms with Gasteiger partial charge in [-0.15, -0.1) is 34.0 Å². The summed E-state index contributed by atoms with van der Waals surface area (Å²) in [4.78, 5) is 22.6. The van der Waals surface area contributed by atoms with Gasteiger partial charge in [-0.05, 0) is 29.6 Å². The molecule has 1 amide bonds. The molecule has 4 rings (SSSR count). The number of benzene rings is 1. The number of aromatic nitrogens is 2. The third kappa shape index (κ3) is 4.47. The SMILES string of the molecule is COc1ccc(-c2csc(NC(=O)Cc3csc(-c4cccs4)n3)n2)cc1OC. The molecule has 3 aromatic heterocycles. The fraction of sp³-hybridized carbons (Fsp3) is 0.150. The molecule has 0 aliphatic heterocycles. The van der Waals surface area contributed by atoms with E-state index in [4.69, 9.17) is 9.47 Å². The summed E-state index contributed by atoms with van der Waals surface area (Å²) >= 11 is 4.56. The molecule has 0 atom stereocenters. The number of thiazole rings is 2. The molecule has 0 unspecified atom stereocenters. The number of thiophene rings is 1. The number of nitrogens with zero attached hydrogens (tertiary/aromatic N) is 2. The van der Waals surface area contributed by atoms with Crippen molar-refractivity contribution in [3.8, 4) is 32.6 Å². The maximum Gasteiger partial charge on any atom is 0.232 e. The highest BCUT2D eigenvalue weighted by Crippen LogP contribution is 2.33. The van der Waals surface area contributed by atoms with Crippen LogP contribution in [0.15, 0.2) is 46.5 Å². The molecule has 0 radical (unpaired) electrons. The Morgan fingerprint density at radius 3 is 2.66 bits per heavy atom. The zero-order valence-corrected chi connectivity index (χ0v) is 18.1. The van der Waals surface area contributed by atoms with Crippen LogP contribution in [0.5, 0.6) is 11.5 Å². The van der Waals surface area contributed by atoms with Crippen LogP contribution in [-0.2, 0) is 11.2 Å². The average molecular weight is 444 g/mol. The molecule has 4 aromatic rings. The number of amides is 1. The Kier molecular flexibility index (Phi) is 5.89. The zero-order chi connectivity index (χ0) is 20.2. The molecule has 0 saturated carbocycles. The Bertz CT molecular complexity index is 1120. The van der Waals surface area contributed by atoms with Crippen molar-refractivity contribution in [3.63, 3.8) is 0 Å². The second kappa shape index (κ2) is 8.73. The van der Waals surface area contributed by atoms with Crippen molar-refractivity contribution in [1.29, 1.82) is 0 Å². The minimum absolute atomic E-state index is 0.138. The fourth-order valence-electron chi connectivity index (χ4n) is 2.69. The summed E-state index contributed by atoms with van der Waals surface area (Å²) in [5, 5.41) is 10.2. The molecule has 0 spiro atoms. The Hall–Kier alpha value is -2.75. The average Bonchev–Trinajstić information content (AvgIpc) is 3.49. The molecule has 1 aromatic carbocycles. The highest BCUT2D eigenvalue weighted by atomic mass is 32.1. The van der Waals surface area contributed by atoms with Gasteiger partial charge in [-0.2, -0.15) is 0 Å². The zero-order valence-electron chi connectivity index (χ0n) is 15.7. The number of methoxy groups -OCH3 is 2. The maximum absolute atomic E-state index is 12.4. The third-order valence-electron chi connectivity index (χ3n) is 4.06. The van der Waals surface area contributed by atoms with Gasteiger partial charge in [-0.25, -0.2) is 9.97 Å². The van der Waals surface area contributed by atoms with Crippen LogP contribution in [0.1, 0.15) is 5.69 Å². The Morgan fingerprint density at radius 2 is 1.90 bits per heavy atom. The Balaban J connectivity index is 1.42. The molecular weight excluding hydrogens is 426 g/mol.